The number of hydrogen-bond acceptors (Lipinski definition) is 10. The fourth-order valence-corrected chi connectivity index (χ4v) is 6.01. The summed E-state index contributed by atoms with van der Waals surface area (Å²) >= 11 is 0. The van der Waals surface area contributed by atoms with Crippen molar-refractivity contribution in [3.05, 3.63) is 84.6 Å². The minimum atomic E-state index is 0.123. The lowest BCUT2D eigenvalue weighted by Gasteiger charge is -2.46. The number of nitrogens with two attached hydrogens (primary N) is 1. The molecule has 0 saturated carbocycles. The zero-order chi connectivity index (χ0) is 26.9. The Balaban J connectivity index is 1.00. The number of rotatable bonds is 7. The number of anilines is 2. The van der Waals surface area contributed by atoms with Crippen LogP contribution in [0.15, 0.2) is 77.9 Å². The second kappa shape index (κ2) is 10.7. The Labute approximate surface area is 232 Å². The number of piperidine rings is 1. The van der Waals surface area contributed by atoms with Gasteiger partial charge < -0.3 is 20.4 Å². The van der Waals surface area contributed by atoms with Gasteiger partial charge >= 0.3 is 0 Å². The summed E-state index contributed by atoms with van der Waals surface area (Å²) in [6.07, 6.45) is 11.4. The summed E-state index contributed by atoms with van der Waals surface area (Å²) in [5.41, 5.74) is 8.80. The molecule has 2 saturated heterocycles. The van der Waals surface area contributed by atoms with Crippen LogP contribution in [0.25, 0.3) is 17.4 Å². The molecule has 0 bridgehead atoms. The molecule has 3 N–H and O–H groups in total. The molecule has 7 rings (SSSR count). The topological polar surface area (TPSA) is 127 Å². The van der Waals surface area contributed by atoms with Crippen molar-refractivity contribution in [1.82, 2.24) is 39.8 Å². The summed E-state index contributed by atoms with van der Waals surface area (Å²) < 4.78 is 7.02. The molecule has 0 amide bonds. The molecular formula is C29H32N10O. The molecule has 0 spiro atoms. The number of aromatic nitrogens is 6. The molecule has 11 heteroatoms. The number of hydrogen-bond donors (Lipinski definition) is 2. The number of nitrogens with one attached hydrogen (secondary N) is 1. The van der Waals surface area contributed by atoms with Crippen molar-refractivity contribution in [3.8, 4) is 11.6 Å². The summed E-state index contributed by atoms with van der Waals surface area (Å²) in [6, 6.07) is 14.5. The largest absolute Gasteiger partial charge is 0.461 e. The molecule has 0 radical (unpaired) electrons. The summed E-state index contributed by atoms with van der Waals surface area (Å²) in [5.74, 6) is 3.52. The zero-order valence-corrected chi connectivity index (χ0v) is 22.2. The second-order valence-corrected chi connectivity index (χ2v) is 10.6. The fourth-order valence-electron chi connectivity index (χ4n) is 6.01. The number of piperazine rings is 1. The Kier molecular flexibility index (Phi) is 6.58. The standard InChI is InChI=1S/C29H32N10O/c30-25-16-26(34-29-35-28(36-39(25)29)24-2-1-15-40-24)38-14-13-37-18-20(3-4-23(37)19-38)17-33-27(21-5-9-31-10-6-21)22-7-11-32-12-8-22/h1-2,5-12,15-16,20,23,27,33H,3-4,13-14,17-19,30H2. The molecule has 2 aliphatic rings. The maximum atomic E-state index is 6.36. The van der Waals surface area contributed by atoms with Crippen molar-refractivity contribution in [2.24, 2.45) is 5.92 Å². The van der Waals surface area contributed by atoms with Crippen LogP contribution in [0.3, 0.4) is 0 Å². The van der Waals surface area contributed by atoms with E-state index in [2.05, 4.69) is 59.4 Å². The first-order chi connectivity index (χ1) is 19.7. The van der Waals surface area contributed by atoms with Gasteiger partial charge in [-0.05, 0) is 66.3 Å². The highest BCUT2D eigenvalue weighted by Gasteiger charge is 2.34. The highest BCUT2D eigenvalue weighted by Crippen LogP contribution is 2.29. The maximum absolute atomic E-state index is 6.36. The first kappa shape index (κ1) is 24.7. The lowest BCUT2D eigenvalue weighted by Crippen LogP contribution is -2.57. The Morgan fingerprint density at radius 1 is 0.950 bits per heavy atom. The van der Waals surface area contributed by atoms with E-state index >= 15 is 0 Å². The normalized spacial score (nSPS) is 19.8. The van der Waals surface area contributed by atoms with E-state index in [0.29, 0.717) is 35.1 Å². The van der Waals surface area contributed by atoms with Crippen molar-refractivity contribution < 1.29 is 4.42 Å². The second-order valence-electron chi connectivity index (χ2n) is 10.6. The molecule has 2 aliphatic heterocycles. The molecule has 2 atom stereocenters. The Bertz CT molecular complexity index is 1520. The third-order valence-corrected chi connectivity index (χ3v) is 8.09. The summed E-state index contributed by atoms with van der Waals surface area (Å²) in [6.45, 7) is 4.88. The van der Waals surface area contributed by atoms with Crippen LogP contribution in [0.5, 0.6) is 0 Å². The van der Waals surface area contributed by atoms with Gasteiger partial charge in [0.15, 0.2) is 5.76 Å². The lowest BCUT2D eigenvalue weighted by atomic mass is 9.90. The lowest BCUT2D eigenvalue weighted by molar-refractivity contribution is 0.0942. The molecule has 0 aromatic carbocycles. The Morgan fingerprint density at radius 3 is 2.45 bits per heavy atom. The van der Waals surface area contributed by atoms with Gasteiger partial charge in [-0.15, -0.1) is 5.10 Å². The average Bonchev–Trinajstić information content (AvgIpc) is 3.69. The van der Waals surface area contributed by atoms with E-state index in [1.165, 1.54) is 17.5 Å². The molecule has 204 valence electrons. The Morgan fingerprint density at radius 2 is 1.73 bits per heavy atom. The van der Waals surface area contributed by atoms with E-state index in [1.54, 1.807) is 10.8 Å². The molecule has 40 heavy (non-hydrogen) atoms. The van der Waals surface area contributed by atoms with Crippen molar-refractivity contribution in [2.75, 3.05) is 43.4 Å². The maximum Gasteiger partial charge on any atom is 0.256 e. The van der Waals surface area contributed by atoms with E-state index in [4.69, 9.17) is 15.1 Å². The van der Waals surface area contributed by atoms with Crippen molar-refractivity contribution >= 4 is 17.4 Å². The number of furan rings is 1. The zero-order valence-electron chi connectivity index (χ0n) is 22.2. The van der Waals surface area contributed by atoms with Gasteiger partial charge in [0.25, 0.3) is 5.78 Å². The van der Waals surface area contributed by atoms with E-state index in [-0.39, 0.29) is 6.04 Å². The van der Waals surface area contributed by atoms with Gasteiger partial charge in [-0.1, -0.05) is 0 Å². The SMILES string of the molecule is Nc1cc(N2CCN3CC(CNC(c4ccncc4)c4ccncc4)CCC3C2)nc2nc(-c3ccco3)nn12. The highest BCUT2D eigenvalue weighted by atomic mass is 16.3. The van der Waals surface area contributed by atoms with Gasteiger partial charge in [0.05, 0.1) is 12.3 Å². The predicted octanol–water partition coefficient (Wildman–Crippen LogP) is 3.04. The van der Waals surface area contributed by atoms with Gasteiger partial charge in [-0.25, -0.2) is 0 Å². The summed E-state index contributed by atoms with van der Waals surface area (Å²) in [4.78, 5) is 22.7. The molecule has 0 aliphatic carbocycles. The smallest absolute Gasteiger partial charge is 0.256 e. The van der Waals surface area contributed by atoms with Crippen LogP contribution in [-0.4, -0.2) is 73.2 Å². The van der Waals surface area contributed by atoms with E-state index < -0.39 is 0 Å². The quantitative estimate of drug-likeness (QED) is 0.320. The van der Waals surface area contributed by atoms with Crippen LogP contribution >= 0.6 is 0 Å². The molecule has 11 nitrogen and oxygen atoms in total. The molecule has 2 unspecified atom stereocenters. The Hall–Kier alpha value is -4.35. The molecular weight excluding hydrogens is 504 g/mol. The van der Waals surface area contributed by atoms with Crippen LogP contribution in [0.2, 0.25) is 0 Å². The van der Waals surface area contributed by atoms with Crippen LogP contribution in [0, 0.1) is 5.92 Å². The molecule has 7 heterocycles. The monoisotopic (exact) mass is 536 g/mol. The van der Waals surface area contributed by atoms with Gasteiger partial charge in [0.2, 0.25) is 5.82 Å². The minimum absolute atomic E-state index is 0.123. The number of nitrogens with zero attached hydrogens (tertiary/aromatic N) is 8. The fraction of sp³-hybridized carbons (Fsp3) is 0.345. The van der Waals surface area contributed by atoms with Gasteiger partial charge in [0, 0.05) is 69.6 Å². The number of nitrogen functional groups attached to an aromatic ring is 1. The average molecular weight is 537 g/mol. The van der Waals surface area contributed by atoms with E-state index in [9.17, 15) is 0 Å². The van der Waals surface area contributed by atoms with Gasteiger partial charge in [-0.2, -0.15) is 14.5 Å². The van der Waals surface area contributed by atoms with Gasteiger partial charge in [-0.3, -0.25) is 14.9 Å². The van der Waals surface area contributed by atoms with Crippen LogP contribution < -0.4 is 16.0 Å². The molecule has 5 aromatic rings. The minimum Gasteiger partial charge on any atom is -0.461 e. The van der Waals surface area contributed by atoms with Crippen molar-refractivity contribution in [2.45, 2.75) is 24.9 Å². The number of fused-ring (bicyclic) bond motifs is 2. The van der Waals surface area contributed by atoms with Gasteiger partial charge in [0.1, 0.15) is 11.6 Å². The molecule has 5 aromatic heterocycles. The first-order valence-corrected chi connectivity index (χ1v) is 13.8. The van der Waals surface area contributed by atoms with Crippen LogP contribution in [-0.2, 0) is 0 Å². The summed E-state index contributed by atoms with van der Waals surface area (Å²) in [5, 5.41) is 8.32. The van der Waals surface area contributed by atoms with Crippen molar-refractivity contribution in [1.29, 1.82) is 0 Å². The summed E-state index contributed by atoms with van der Waals surface area (Å²) in [7, 11) is 0. The van der Waals surface area contributed by atoms with E-state index in [1.807, 2.05) is 43.0 Å². The van der Waals surface area contributed by atoms with Crippen LogP contribution in [0.4, 0.5) is 11.6 Å². The van der Waals surface area contributed by atoms with E-state index in [0.717, 1.165) is 45.0 Å². The third-order valence-electron chi connectivity index (χ3n) is 8.09. The number of pyridine rings is 2. The van der Waals surface area contributed by atoms with Crippen LogP contribution in [0.1, 0.15) is 30.0 Å². The third kappa shape index (κ3) is 4.89. The van der Waals surface area contributed by atoms with Crippen molar-refractivity contribution in [3.63, 3.8) is 0 Å². The molecule has 2 fully saturated rings. The first-order valence-electron chi connectivity index (χ1n) is 13.8. The predicted molar refractivity (Wildman–Crippen MR) is 152 cm³/mol. The highest BCUT2D eigenvalue weighted by molar-refractivity contribution is 5.57.